The van der Waals surface area contributed by atoms with E-state index in [2.05, 4.69) is 33.6 Å². The Balaban J connectivity index is 0.000000188. The summed E-state index contributed by atoms with van der Waals surface area (Å²) < 4.78 is 39.9. The van der Waals surface area contributed by atoms with Crippen LogP contribution >= 0.6 is 11.6 Å². The van der Waals surface area contributed by atoms with Crippen molar-refractivity contribution in [1.82, 2.24) is 18.8 Å². The highest BCUT2D eigenvalue weighted by Crippen LogP contribution is 2.15. The van der Waals surface area contributed by atoms with E-state index in [1.165, 1.54) is 24.3 Å². The van der Waals surface area contributed by atoms with E-state index in [1.54, 1.807) is 28.7 Å². The molecule has 0 aliphatic rings. The summed E-state index contributed by atoms with van der Waals surface area (Å²) in [5, 5.41) is 8.09. The van der Waals surface area contributed by atoms with Crippen LogP contribution in [-0.4, -0.2) is 48.3 Å². The van der Waals surface area contributed by atoms with Crippen LogP contribution in [0.3, 0.4) is 0 Å². The van der Waals surface area contributed by atoms with Crippen LogP contribution in [0.15, 0.2) is 97.3 Å². The molecular formula is C36H25ClF2N4O5. The normalized spacial score (nSPS) is 10.4. The molecule has 0 saturated heterocycles. The van der Waals surface area contributed by atoms with Crippen molar-refractivity contribution in [3.63, 3.8) is 0 Å². The number of benzene rings is 2. The van der Waals surface area contributed by atoms with Crippen molar-refractivity contribution >= 4 is 34.1 Å². The first-order valence-electron chi connectivity index (χ1n) is 14.3. The number of halogens is 3. The number of imidazole rings is 2. The molecule has 4 heterocycles. The van der Waals surface area contributed by atoms with Gasteiger partial charge in [-0.25, -0.2) is 23.5 Å². The number of carbonyl (C=O) groups excluding carboxylic acids is 1. The predicted octanol–water partition coefficient (Wildman–Crippen LogP) is 5.63. The van der Waals surface area contributed by atoms with Crippen LogP contribution in [0.1, 0.15) is 33.9 Å². The zero-order valence-corrected chi connectivity index (χ0v) is 25.8. The van der Waals surface area contributed by atoms with E-state index < -0.39 is 17.8 Å². The van der Waals surface area contributed by atoms with Crippen LogP contribution in [0.5, 0.6) is 0 Å². The molecule has 0 aliphatic carbocycles. The lowest BCUT2D eigenvalue weighted by molar-refractivity contribution is -0.142. The Bertz CT molecular complexity index is 2030. The Morgan fingerprint density at radius 1 is 0.667 bits per heavy atom. The van der Waals surface area contributed by atoms with Gasteiger partial charge in [0.2, 0.25) is 5.24 Å². The molecule has 0 fully saturated rings. The van der Waals surface area contributed by atoms with Gasteiger partial charge in [0.15, 0.2) is 0 Å². The average molecular weight is 667 g/mol. The van der Waals surface area contributed by atoms with E-state index >= 15 is 0 Å². The number of aliphatic carboxylic acids is 1. The first-order valence-corrected chi connectivity index (χ1v) is 14.7. The average Bonchev–Trinajstić information content (AvgIpc) is 3.61. The van der Waals surface area contributed by atoms with Gasteiger partial charge in [-0.1, -0.05) is 24.0 Å². The van der Waals surface area contributed by atoms with E-state index in [-0.39, 0.29) is 31.5 Å². The van der Waals surface area contributed by atoms with E-state index in [9.17, 15) is 18.4 Å². The summed E-state index contributed by atoms with van der Waals surface area (Å²) in [6.07, 6.45) is 3.66. The third kappa shape index (κ3) is 9.12. The Morgan fingerprint density at radius 2 is 1.10 bits per heavy atom. The minimum absolute atomic E-state index is 0.0431. The molecule has 0 bridgehead atoms. The fourth-order valence-electron chi connectivity index (χ4n) is 4.35. The highest BCUT2D eigenvalue weighted by atomic mass is 35.5. The van der Waals surface area contributed by atoms with Crippen LogP contribution in [-0.2, 0) is 32.3 Å². The van der Waals surface area contributed by atoms with Crippen LogP contribution < -0.4 is 0 Å². The maximum atomic E-state index is 13.0. The molecule has 48 heavy (non-hydrogen) atoms. The summed E-state index contributed by atoms with van der Waals surface area (Å²) >= 11 is 5.27. The van der Waals surface area contributed by atoms with Gasteiger partial charge in [0.1, 0.15) is 58.9 Å². The molecule has 0 spiro atoms. The zero-order chi connectivity index (χ0) is 33.9. The lowest BCUT2D eigenvalue weighted by Gasteiger charge is -1.99. The second-order valence-corrected chi connectivity index (χ2v) is 10.3. The van der Waals surface area contributed by atoms with E-state index in [4.69, 9.17) is 26.2 Å². The molecule has 4 aromatic heterocycles. The first kappa shape index (κ1) is 33.5. The van der Waals surface area contributed by atoms with Gasteiger partial charge >= 0.3 is 5.97 Å². The molecule has 0 aliphatic heterocycles. The van der Waals surface area contributed by atoms with Crippen molar-refractivity contribution in [2.24, 2.45) is 0 Å². The summed E-state index contributed by atoms with van der Waals surface area (Å²) in [7, 11) is 0. The van der Waals surface area contributed by atoms with Crippen molar-refractivity contribution in [3.8, 4) is 23.7 Å². The van der Waals surface area contributed by atoms with Crippen molar-refractivity contribution in [2.45, 2.75) is 13.2 Å². The minimum Gasteiger partial charge on any atom is -0.480 e. The quantitative estimate of drug-likeness (QED) is 0.166. The Hall–Kier alpha value is -5.85. The smallest absolute Gasteiger partial charge is 0.329 e. The largest absolute Gasteiger partial charge is 0.480 e. The number of aromatic nitrogens is 4. The van der Waals surface area contributed by atoms with Crippen LogP contribution in [0, 0.1) is 35.3 Å². The van der Waals surface area contributed by atoms with Crippen molar-refractivity contribution in [3.05, 3.63) is 143 Å². The Labute approximate surface area is 278 Å². The summed E-state index contributed by atoms with van der Waals surface area (Å²) in [5.74, 6) is 10.3. The molecule has 6 aromatic rings. The number of hydrogen-bond acceptors (Lipinski definition) is 6. The maximum absolute atomic E-state index is 13.0. The number of fused-ring (bicyclic) bond motifs is 2. The lowest BCUT2D eigenvalue weighted by atomic mass is 10.2. The maximum Gasteiger partial charge on any atom is 0.329 e. The Morgan fingerprint density at radius 3 is 1.52 bits per heavy atom. The number of carboxylic acid groups (broad SMARTS) is 1. The topological polar surface area (TPSA) is 107 Å². The number of nitrogens with zero attached hydrogens (tertiary/aromatic N) is 4. The minimum atomic E-state index is -1.04. The predicted molar refractivity (Wildman–Crippen MR) is 173 cm³/mol. The summed E-state index contributed by atoms with van der Waals surface area (Å²) in [6, 6.07) is 22.9. The molecule has 6 rings (SSSR count). The number of rotatable bonds is 8. The first-order chi connectivity index (χ1) is 23.3. The number of carboxylic acids is 1. The highest BCUT2D eigenvalue weighted by Gasteiger charge is 2.12. The molecule has 0 radical (unpaired) electrons. The highest BCUT2D eigenvalue weighted by molar-refractivity contribution is 6.63. The third-order valence-corrected chi connectivity index (χ3v) is 6.57. The molecule has 2 aromatic carbocycles. The van der Waals surface area contributed by atoms with Gasteiger partial charge in [-0.3, -0.25) is 13.6 Å². The van der Waals surface area contributed by atoms with Gasteiger partial charge in [0, 0.05) is 23.5 Å². The molecule has 12 heteroatoms. The van der Waals surface area contributed by atoms with Gasteiger partial charge in [-0.15, -0.1) is 0 Å². The van der Waals surface area contributed by atoms with Gasteiger partial charge in [0.05, 0.1) is 13.2 Å². The molecule has 0 saturated carbocycles. The molecule has 9 nitrogen and oxygen atoms in total. The second kappa shape index (κ2) is 16.1. The zero-order valence-electron chi connectivity index (χ0n) is 25.1. The van der Waals surface area contributed by atoms with E-state index in [0.717, 1.165) is 5.65 Å². The second-order valence-electron chi connectivity index (χ2n) is 9.92. The summed E-state index contributed by atoms with van der Waals surface area (Å²) in [5.41, 5.74) is 5.18. The number of hydrogen-bond donors (Lipinski definition) is 1. The number of ether oxygens (including phenoxy) is 2. The molecule has 0 atom stereocenters. The van der Waals surface area contributed by atoms with Gasteiger partial charge < -0.3 is 14.6 Å². The number of carbonyl (C=O) groups is 2. The lowest BCUT2D eigenvalue weighted by Crippen LogP contribution is -2.07. The van der Waals surface area contributed by atoms with E-state index in [0.29, 0.717) is 39.5 Å². The number of pyridine rings is 2. The van der Waals surface area contributed by atoms with Crippen molar-refractivity contribution in [1.29, 1.82) is 0 Å². The monoisotopic (exact) mass is 666 g/mol. The molecular weight excluding hydrogens is 642 g/mol. The fourth-order valence-corrected chi connectivity index (χ4v) is 4.42. The summed E-state index contributed by atoms with van der Waals surface area (Å²) in [6.45, 7) is -0.437. The molecule has 1 N–H and O–H groups in total. The van der Waals surface area contributed by atoms with Crippen molar-refractivity contribution < 1.29 is 33.0 Å². The van der Waals surface area contributed by atoms with Gasteiger partial charge in [0.25, 0.3) is 0 Å². The van der Waals surface area contributed by atoms with Crippen LogP contribution in [0.25, 0.3) is 11.3 Å². The fraction of sp³-hybridized carbons (Fsp3) is 0.111. The SMILES string of the molecule is O=C(Cl)COCc1nc2ccccn2c1C#Cc1ccc(F)cc1.O=C(O)COCc1nc2ccccn2c1C#Cc1ccc(F)cc1. The van der Waals surface area contributed by atoms with Gasteiger partial charge in [-0.2, -0.15) is 0 Å². The Kier molecular flexibility index (Phi) is 11.3. The van der Waals surface area contributed by atoms with Crippen LogP contribution in [0.2, 0.25) is 0 Å². The standard InChI is InChI=1S/C18H12ClFN2O2.C18H13FN2O3/c19-17(23)12-24-11-15-16(22-10-2-1-3-18(22)21-15)9-6-13-4-7-14(20)8-5-13;19-14-7-4-13(5-8-14)6-9-16-15(11-24-12-18(22)23)20-17-3-1-2-10-21(16)17/h1-5,7-8,10H,11-12H2;1-5,7-8,10H,11-12H2,(H,22,23). The summed E-state index contributed by atoms with van der Waals surface area (Å²) in [4.78, 5) is 30.2. The van der Waals surface area contributed by atoms with Gasteiger partial charge in [-0.05, 0) is 96.2 Å². The third-order valence-electron chi connectivity index (χ3n) is 6.46. The van der Waals surface area contributed by atoms with Crippen LogP contribution in [0.4, 0.5) is 8.78 Å². The molecule has 0 amide bonds. The molecule has 240 valence electrons. The van der Waals surface area contributed by atoms with E-state index in [1.807, 2.05) is 53.2 Å². The molecule has 0 unspecified atom stereocenters. The van der Waals surface area contributed by atoms with Crippen molar-refractivity contribution in [2.75, 3.05) is 13.2 Å².